The molecule has 1 aromatic carbocycles. The van der Waals surface area contributed by atoms with Crippen LogP contribution < -0.4 is 0 Å². The highest BCUT2D eigenvalue weighted by Gasteiger charge is 2.14. The van der Waals surface area contributed by atoms with E-state index in [-0.39, 0.29) is 0 Å². The molecule has 0 spiro atoms. The summed E-state index contributed by atoms with van der Waals surface area (Å²) in [5, 5.41) is 1.33. The second-order valence-electron chi connectivity index (χ2n) is 4.78. The number of allylic oxidation sites excluding steroid dienone is 2. The molecule has 0 radical (unpaired) electrons. The van der Waals surface area contributed by atoms with Gasteiger partial charge >= 0.3 is 0 Å². The molecule has 0 atom stereocenters. The first-order valence-electron chi connectivity index (χ1n) is 6.59. The van der Waals surface area contributed by atoms with Gasteiger partial charge in [0, 0.05) is 28.2 Å². The van der Waals surface area contributed by atoms with Crippen molar-refractivity contribution in [2.24, 2.45) is 0 Å². The molecular weight excluding hydrogens is 218 g/mol. The Morgan fingerprint density at radius 1 is 1.00 bits per heavy atom. The largest absolute Gasteiger partial charge is 0.338 e. The fourth-order valence-electron chi connectivity index (χ4n) is 2.54. The molecule has 1 heterocycles. The van der Waals surface area contributed by atoms with E-state index in [2.05, 4.69) is 80.8 Å². The van der Waals surface area contributed by atoms with E-state index in [0.29, 0.717) is 6.04 Å². The van der Waals surface area contributed by atoms with Gasteiger partial charge in [0.15, 0.2) is 0 Å². The summed E-state index contributed by atoms with van der Waals surface area (Å²) in [7, 11) is 0. The standard InChI is InChI=1S/C17H21N/c1-5-9-14-15-11-7-8-12-17(15)18(13(3)4)16(14)10-6-2/h5-13H,1-4H3/b9-5-,10-6-. The molecule has 0 fully saturated rings. The van der Waals surface area contributed by atoms with Gasteiger partial charge in [0.1, 0.15) is 0 Å². The first-order valence-corrected chi connectivity index (χ1v) is 6.59. The zero-order chi connectivity index (χ0) is 13.1. The van der Waals surface area contributed by atoms with Gasteiger partial charge in [0.05, 0.1) is 0 Å². The van der Waals surface area contributed by atoms with Crippen LogP contribution in [0, 0.1) is 0 Å². The zero-order valence-corrected chi connectivity index (χ0v) is 11.6. The average Bonchev–Trinajstić information content (AvgIpc) is 2.65. The van der Waals surface area contributed by atoms with Crippen molar-refractivity contribution in [1.82, 2.24) is 4.57 Å². The highest BCUT2D eigenvalue weighted by atomic mass is 15.0. The van der Waals surface area contributed by atoms with Crippen molar-refractivity contribution in [3.63, 3.8) is 0 Å². The van der Waals surface area contributed by atoms with Gasteiger partial charge < -0.3 is 4.57 Å². The Hall–Kier alpha value is -1.76. The molecule has 2 rings (SSSR count). The van der Waals surface area contributed by atoms with Gasteiger partial charge in [-0.15, -0.1) is 0 Å². The summed E-state index contributed by atoms with van der Waals surface area (Å²) in [6, 6.07) is 9.09. The second-order valence-corrected chi connectivity index (χ2v) is 4.78. The monoisotopic (exact) mass is 239 g/mol. The Morgan fingerprint density at radius 3 is 2.28 bits per heavy atom. The van der Waals surface area contributed by atoms with Crippen molar-refractivity contribution < 1.29 is 0 Å². The maximum Gasteiger partial charge on any atom is 0.0493 e. The molecule has 1 heteroatoms. The molecule has 0 N–H and O–H groups in total. The van der Waals surface area contributed by atoms with Gasteiger partial charge in [0.25, 0.3) is 0 Å². The molecule has 1 nitrogen and oxygen atoms in total. The molecule has 94 valence electrons. The van der Waals surface area contributed by atoms with E-state index in [1.54, 1.807) is 0 Å². The normalized spacial score (nSPS) is 12.5. The first kappa shape index (κ1) is 12.7. The van der Waals surface area contributed by atoms with Crippen LogP contribution >= 0.6 is 0 Å². The fourth-order valence-corrected chi connectivity index (χ4v) is 2.54. The van der Waals surface area contributed by atoms with E-state index in [4.69, 9.17) is 0 Å². The van der Waals surface area contributed by atoms with Crippen LogP contribution in [0.1, 0.15) is 45.0 Å². The lowest BCUT2D eigenvalue weighted by Gasteiger charge is -2.12. The van der Waals surface area contributed by atoms with Gasteiger partial charge in [0.2, 0.25) is 0 Å². The predicted octanol–water partition coefficient (Wildman–Crippen LogP) is 5.29. The molecule has 2 aromatic rings. The Balaban J connectivity index is 2.90. The third-order valence-electron chi connectivity index (χ3n) is 3.16. The summed E-state index contributed by atoms with van der Waals surface area (Å²) < 4.78 is 2.41. The van der Waals surface area contributed by atoms with Crippen molar-refractivity contribution in [3.05, 3.63) is 47.7 Å². The van der Waals surface area contributed by atoms with Crippen molar-refractivity contribution in [2.45, 2.75) is 33.7 Å². The molecule has 0 amide bonds. The number of aromatic nitrogens is 1. The minimum atomic E-state index is 0.458. The van der Waals surface area contributed by atoms with Gasteiger partial charge in [-0.1, -0.05) is 36.4 Å². The Kier molecular flexibility index (Phi) is 3.71. The lowest BCUT2D eigenvalue weighted by atomic mass is 10.1. The summed E-state index contributed by atoms with van der Waals surface area (Å²) in [4.78, 5) is 0. The van der Waals surface area contributed by atoms with E-state index in [9.17, 15) is 0 Å². The predicted molar refractivity (Wildman–Crippen MR) is 81.7 cm³/mol. The molecule has 0 saturated heterocycles. The summed E-state index contributed by atoms with van der Waals surface area (Å²) in [6.07, 6.45) is 8.63. The van der Waals surface area contributed by atoms with E-state index in [1.165, 1.54) is 22.2 Å². The second kappa shape index (κ2) is 5.26. The smallest absolute Gasteiger partial charge is 0.0493 e. The SMILES string of the molecule is C/C=C\c1c(/C=C\C)n(C(C)C)c2ccccc12. The van der Waals surface area contributed by atoms with Crippen LogP contribution in [0.5, 0.6) is 0 Å². The summed E-state index contributed by atoms with van der Waals surface area (Å²) in [5.74, 6) is 0. The molecule has 1 aromatic heterocycles. The molecular formula is C17H21N. The van der Waals surface area contributed by atoms with E-state index in [0.717, 1.165) is 0 Å². The number of fused-ring (bicyclic) bond motifs is 1. The average molecular weight is 239 g/mol. The topological polar surface area (TPSA) is 4.93 Å². The summed E-state index contributed by atoms with van der Waals surface area (Å²) in [5.41, 5.74) is 3.93. The minimum absolute atomic E-state index is 0.458. The van der Waals surface area contributed by atoms with Crippen molar-refractivity contribution in [3.8, 4) is 0 Å². The van der Waals surface area contributed by atoms with Crippen LogP contribution in [0.25, 0.3) is 23.1 Å². The third kappa shape index (κ3) is 2.01. The molecule has 0 aliphatic rings. The number of rotatable bonds is 3. The Morgan fingerprint density at radius 2 is 1.67 bits per heavy atom. The zero-order valence-electron chi connectivity index (χ0n) is 11.6. The van der Waals surface area contributed by atoms with E-state index in [1.807, 2.05) is 0 Å². The van der Waals surface area contributed by atoms with Crippen LogP contribution in [0.3, 0.4) is 0 Å². The van der Waals surface area contributed by atoms with Gasteiger partial charge in [-0.05, 0) is 39.8 Å². The first-order chi connectivity index (χ1) is 8.70. The van der Waals surface area contributed by atoms with Crippen LogP contribution in [0.15, 0.2) is 36.4 Å². The molecule has 0 bridgehead atoms. The van der Waals surface area contributed by atoms with Gasteiger partial charge in [-0.3, -0.25) is 0 Å². The van der Waals surface area contributed by atoms with Crippen molar-refractivity contribution >= 4 is 23.1 Å². The minimum Gasteiger partial charge on any atom is -0.338 e. The van der Waals surface area contributed by atoms with Crippen LogP contribution in [0.2, 0.25) is 0 Å². The van der Waals surface area contributed by atoms with Crippen LogP contribution in [-0.4, -0.2) is 4.57 Å². The van der Waals surface area contributed by atoms with Gasteiger partial charge in [-0.25, -0.2) is 0 Å². The number of para-hydroxylation sites is 1. The number of nitrogens with zero attached hydrogens (tertiary/aromatic N) is 1. The summed E-state index contributed by atoms with van der Waals surface area (Å²) in [6.45, 7) is 8.61. The number of hydrogen-bond acceptors (Lipinski definition) is 0. The maximum absolute atomic E-state index is 2.41. The molecule has 0 saturated carbocycles. The van der Waals surface area contributed by atoms with Crippen molar-refractivity contribution in [2.75, 3.05) is 0 Å². The Bertz CT molecular complexity index is 597. The highest BCUT2D eigenvalue weighted by molar-refractivity contribution is 5.94. The number of hydrogen-bond donors (Lipinski definition) is 0. The lowest BCUT2D eigenvalue weighted by Crippen LogP contribution is -2.02. The fraction of sp³-hybridized carbons (Fsp3) is 0.294. The highest BCUT2D eigenvalue weighted by Crippen LogP contribution is 2.31. The molecule has 18 heavy (non-hydrogen) atoms. The quantitative estimate of drug-likeness (QED) is 0.686. The van der Waals surface area contributed by atoms with Crippen molar-refractivity contribution in [1.29, 1.82) is 0 Å². The molecule has 0 unspecified atom stereocenters. The number of benzene rings is 1. The molecule has 0 aliphatic carbocycles. The van der Waals surface area contributed by atoms with E-state index >= 15 is 0 Å². The lowest BCUT2D eigenvalue weighted by molar-refractivity contribution is 0.618. The molecule has 0 aliphatic heterocycles. The maximum atomic E-state index is 2.41. The third-order valence-corrected chi connectivity index (χ3v) is 3.16. The van der Waals surface area contributed by atoms with Gasteiger partial charge in [-0.2, -0.15) is 0 Å². The van der Waals surface area contributed by atoms with E-state index < -0.39 is 0 Å². The van der Waals surface area contributed by atoms with Crippen LogP contribution in [0.4, 0.5) is 0 Å². The Labute approximate surface area is 109 Å². The van der Waals surface area contributed by atoms with Crippen LogP contribution in [-0.2, 0) is 0 Å². The summed E-state index contributed by atoms with van der Waals surface area (Å²) >= 11 is 0.